The lowest BCUT2D eigenvalue weighted by atomic mass is 9.73. The van der Waals surface area contributed by atoms with Crippen molar-refractivity contribution < 1.29 is 0 Å². The van der Waals surface area contributed by atoms with Crippen molar-refractivity contribution in [1.82, 2.24) is 0 Å². The Kier molecular flexibility index (Phi) is 8.18. The molecule has 0 nitrogen and oxygen atoms in total. The van der Waals surface area contributed by atoms with Crippen molar-refractivity contribution in [3.05, 3.63) is 24.3 Å². The first-order valence-corrected chi connectivity index (χ1v) is 8.46. The highest BCUT2D eigenvalue weighted by atomic mass is 14.3. The summed E-state index contributed by atoms with van der Waals surface area (Å²) >= 11 is 0. The zero-order valence-corrected chi connectivity index (χ0v) is 13.6. The molecule has 0 aromatic heterocycles. The lowest BCUT2D eigenvalue weighted by Gasteiger charge is -2.33. The summed E-state index contributed by atoms with van der Waals surface area (Å²) in [5.41, 5.74) is 0. The molecule has 1 aliphatic carbocycles. The lowest BCUT2D eigenvalue weighted by molar-refractivity contribution is 0.202. The Bertz CT molecular complexity index is 266. The fourth-order valence-corrected chi connectivity index (χ4v) is 3.76. The molecule has 110 valence electrons. The molecular weight excluding hydrogens is 228 g/mol. The van der Waals surface area contributed by atoms with Crippen LogP contribution in [0.1, 0.15) is 72.6 Å². The quantitative estimate of drug-likeness (QED) is 0.466. The summed E-state index contributed by atoms with van der Waals surface area (Å²) in [6.07, 6.45) is 19.2. The summed E-state index contributed by atoms with van der Waals surface area (Å²) in [5.74, 6) is 3.61. The van der Waals surface area contributed by atoms with E-state index in [4.69, 9.17) is 0 Å². The Morgan fingerprint density at radius 2 is 1.68 bits per heavy atom. The Morgan fingerprint density at radius 1 is 1.00 bits per heavy atom. The molecule has 1 aliphatic rings. The fraction of sp³-hybridized carbons (Fsp3) is 0.789. The molecule has 0 radical (unpaired) electrons. The minimum Gasteiger partial charge on any atom is -0.0914 e. The summed E-state index contributed by atoms with van der Waals surface area (Å²) in [6, 6.07) is 0. The third kappa shape index (κ3) is 5.97. The summed E-state index contributed by atoms with van der Waals surface area (Å²) < 4.78 is 0. The molecule has 1 fully saturated rings. The first-order valence-electron chi connectivity index (χ1n) is 8.46. The largest absolute Gasteiger partial charge is 0.0914 e. The maximum Gasteiger partial charge on any atom is -0.0233 e. The van der Waals surface area contributed by atoms with Gasteiger partial charge < -0.3 is 0 Å². The van der Waals surface area contributed by atoms with E-state index in [9.17, 15) is 0 Å². The van der Waals surface area contributed by atoms with E-state index < -0.39 is 0 Å². The van der Waals surface area contributed by atoms with Crippen LogP contribution >= 0.6 is 0 Å². The average Bonchev–Trinajstić information content (AvgIpc) is 2.42. The van der Waals surface area contributed by atoms with E-state index in [1.807, 2.05) is 0 Å². The van der Waals surface area contributed by atoms with Gasteiger partial charge >= 0.3 is 0 Å². The van der Waals surface area contributed by atoms with E-state index in [2.05, 4.69) is 52.0 Å². The van der Waals surface area contributed by atoms with E-state index in [1.165, 1.54) is 44.9 Å². The van der Waals surface area contributed by atoms with Gasteiger partial charge in [-0.05, 0) is 76.0 Å². The molecule has 0 N–H and O–H groups in total. The van der Waals surface area contributed by atoms with E-state index in [0.717, 1.165) is 23.7 Å². The van der Waals surface area contributed by atoms with Gasteiger partial charge in [-0.2, -0.15) is 0 Å². The molecule has 0 bridgehead atoms. The van der Waals surface area contributed by atoms with Crippen molar-refractivity contribution in [3.8, 4) is 0 Å². The van der Waals surface area contributed by atoms with Gasteiger partial charge in [0.05, 0.1) is 0 Å². The monoisotopic (exact) mass is 262 g/mol. The van der Waals surface area contributed by atoms with Gasteiger partial charge in [-0.15, -0.1) is 0 Å². The van der Waals surface area contributed by atoms with E-state index in [0.29, 0.717) is 0 Å². The van der Waals surface area contributed by atoms with Crippen LogP contribution in [0.3, 0.4) is 0 Å². The second-order valence-electron chi connectivity index (χ2n) is 6.45. The Balaban J connectivity index is 2.35. The Hall–Kier alpha value is -0.520. The van der Waals surface area contributed by atoms with Crippen molar-refractivity contribution >= 4 is 0 Å². The van der Waals surface area contributed by atoms with Gasteiger partial charge in [0.2, 0.25) is 0 Å². The number of hydrogen-bond acceptors (Lipinski definition) is 0. The molecule has 0 amide bonds. The smallest absolute Gasteiger partial charge is 0.0233 e. The summed E-state index contributed by atoms with van der Waals surface area (Å²) in [6.45, 7) is 9.04. The fourth-order valence-electron chi connectivity index (χ4n) is 3.76. The van der Waals surface area contributed by atoms with Gasteiger partial charge in [-0.25, -0.2) is 0 Å². The molecule has 0 aromatic rings. The second kappa shape index (κ2) is 9.39. The zero-order chi connectivity index (χ0) is 14.1. The highest BCUT2D eigenvalue weighted by molar-refractivity contribution is 4.90. The standard InChI is InChI=1S/C19H34/c1-5-8-16(4)10-13-18(7-3)19-14-11-17(9-6-2)12-15-19/h5-6,8-9,16-19H,7,10-15H2,1-4H3. The summed E-state index contributed by atoms with van der Waals surface area (Å²) in [5, 5.41) is 0. The van der Waals surface area contributed by atoms with E-state index >= 15 is 0 Å². The highest BCUT2D eigenvalue weighted by Crippen LogP contribution is 2.37. The first kappa shape index (κ1) is 16.5. The Labute approximate surface area is 121 Å². The summed E-state index contributed by atoms with van der Waals surface area (Å²) in [4.78, 5) is 0. The number of rotatable bonds is 7. The second-order valence-corrected chi connectivity index (χ2v) is 6.45. The van der Waals surface area contributed by atoms with E-state index in [-0.39, 0.29) is 0 Å². The normalized spacial score (nSPS) is 28.0. The van der Waals surface area contributed by atoms with Crippen molar-refractivity contribution in [1.29, 1.82) is 0 Å². The predicted octanol–water partition coefficient (Wildman–Crippen LogP) is 6.39. The Morgan fingerprint density at radius 3 is 2.21 bits per heavy atom. The van der Waals surface area contributed by atoms with Crippen molar-refractivity contribution in [2.24, 2.45) is 23.7 Å². The van der Waals surface area contributed by atoms with Gasteiger partial charge in [0.25, 0.3) is 0 Å². The molecule has 1 rings (SSSR count). The summed E-state index contributed by atoms with van der Waals surface area (Å²) in [7, 11) is 0. The molecule has 1 saturated carbocycles. The van der Waals surface area contributed by atoms with Crippen molar-refractivity contribution in [2.75, 3.05) is 0 Å². The predicted molar refractivity (Wildman–Crippen MR) is 87.3 cm³/mol. The van der Waals surface area contributed by atoms with Gasteiger partial charge in [-0.3, -0.25) is 0 Å². The molecular formula is C19H34. The maximum absolute atomic E-state index is 2.42. The minimum absolute atomic E-state index is 0.762. The number of hydrogen-bond donors (Lipinski definition) is 0. The average molecular weight is 262 g/mol. The SMILES string of the molecule is CC=CC(C)CCC(CC)C1CCC(C=CC)CC1. The van der Waals surface area contributed by atoms with Crippen molar-refractivity contribution in [2.45, 2.75) is 72.6 Å². The van der Waals surface area contributed by atoms with Crippen LogP contribution in [-0.2, 0) is 0 Å². The minimum atomic E-state index is 0.762. The van der Waals surface area contributed by atoms with Crippen LogP contribution in [0, 0.1) is 23.7 Å². The van der Waals surface area contributed by atoms with E-state index in [1.54, 1.807) is 0 Å². The molecule has 0 aliphatic heterocycles. The van der Waals surface area contributed by atoms with Crippen molar-refractivity contribution in [3.63, 3.8) is 0 Å². The maximum atomic E-state index is 2.42. The third-order valence-electron chi connectivity index (χ3n) is 4.99. The lowest BCUT2D eigenvalue weighted by Crippen LogP contribution is -2.21. The van der Waals surface area contributed by atoms with Crippen LogP contribution < -0.4 is 0 Å². The molecule has 0 heteroatoms. The van der Waals surface area contributed by atoms with Gasteiger partial charge in [-0.1, -0.05) is 44.6 Å². The van der Waals surface area contributed by atoms with Gasteiger partial charge in [0, 0.05) is 0 Å². The molecule has 0 spiro atoms. The number of allylic oxidation sites excluding steroid dienone is 4. The molecule has 2 atom stereocenters. The van der Waals surface area contributed by atoms with Gasteiger partial charge in [0.1, 0.15) is 0 Å². The zero-order valence-electron chi connectivity index (χ0n) is 13.6. The van der Waals surface area contributed by atoms with Crippen LogP contribution in [0.4, 0.5) is 0 Å². The molecule has 0 saturated heterocycles. The van der Waals surface area contributed by atoms with Crippen LogP contribution in [0.5, 0.6) is 0 Å². The highest BCUT2D eigenvalue weighted by Gasteiger charge is 2.25. The molecule has 2 unspecified atom stereocenters. The first-order chi connectivity index (χ1) is 9.21. The topological polar surface area (TPSA) is 0 Å². The third-order valence-corrected chi connectivity index (χ3v) is 4.99. The van der Waals surface area contributed by atoms with Crippen LogP contribution in [0.25, 0.3) is 0 Å². The van der Waals surface area contributed by atoms with Crippen LogP contribution in [-0.4, -0.2) is 0 Å². The molecule has 0 aromatic carbocycles. The van der Waals surface area contributed by atoms with Crippen LogP contribution in [0.15, 0.2) is 24.3 Å². The van der Waals surface area contributed by atoms with Gasteiger partial charge in [0.15, 0.2) is 0 Å². The molecule has 19 heavy (non-hydrogen) atoms. The molecule has 0 heterocycles. The van der Waals surface area contributed by atoms with Crippen LogP contribution in [0.2, 0.25) is 0 Å².